The van der Waals surface area contributed by atoms with Gasteiger partial charge in [-0.2, -0.15) is 0 Å². The molecule has 1 atom stereocenters. The molecule has 0 heterocycles. The van der Waals surface area contributed by atoms with E-state index in [4.69, 9.17) is 0 Å². The smallest absolute Gasteiger partial charge is 0.244 e. The van der Waals surface area contributed by atoms with Crippen LogP contribution in [-0.4, -0.2) is 45.3 Å². The Kier molecular flexibility index (Phi) is 5.52. The summed E-state index contributed by atoms with van der Waals surface area (Å²) in [6, 6.07) is 6.02. The molecule has 0 spiro atoms. The fourth-order valence-electron chi connectivity index (χ4n) is 1.63. The van der Waals surface area contributed by atoms with Gasteiger partial charge in [-0.1, -0.05) is 12.1 Å². The number of carbonyl (C=O) groups excluding carboxylic acids is 1. The third-order valence-corrected chi connectivity index (χ3v) is 4.64. The van der Waals surface area contributed by atoms with E-state index in [9.17, 15) is 13.2 Å². The van der Waals surface area contributed by atoms with Crippen LogP contribution in [0.3, 0.4) is 0 Å². The van der Waals surface area contributed by atoms with Crippen LogP contribution in [-0.2, 0) is 14.8 Å². The zero-order chi connectivity index (χ0) is 15.3. The number of amides is 1. The summed E-state index contributed by atoms with van der Waals surface area (Å²) in [6.45, 7) is 4.04. The molecule has 0 aliphatic rings. The highest BCUT2D eigenvalue weighted by Gasteiger charge is 2.22. The molecule has 20 heavy (non-hydrogen) atoms. The van der Waals surface area contributed by atoms with Crippen LogP contribution in [0.25, 0.3) is 0 Å². The maximum Gasteiger partial charge on any atom is 0.244 e. The molecule has 0 radical (unpaired) electrons. The number of sulfonamides is 1. The van der Waals surface area contributed by atoms with Crippen molar-refractivity contribution in [1.82, 2.24) is 9.62 Å². The van der Waals surface area contributed by atoms with Crippen molar-refractivity contribution in [3.05, 3.63) is 24.3 Å². The van der Waals surface area contributed by atoms with Gasteiger partial charge in [-0.3, -0.25) is 4.79 Å². The van der Waals surface area contributed by atoms with Crippen LogP contribution in [0.2, 0.25) is 0 Å². The van der Waals surface area contributed by atoms with Crippen LogP contribution in [0.1, 0.15) is 13.8 Å². The highest BCUT2D eigenvalue weighted by atomic mass is 32.2. The first-order chi connectivity index (χ1) is 9.30. The lowest BCUT2D eigenvalue weighted by atomic mass is 10.2. The van der Waals surface area contributed by atoms with Crippen molar-refractivity contribution in [1.29, 1.82) is 0 Å². The molecule has 7 heteroatoms. The summed E-state index contributed by atoms with van der Waals surface area (Å²) in [5.41, 5.74) is 0.417. The number of benzene rings is 1. The molecule has 0 saturated heterocycles. The molecule has 0 saturated carbocycles. The summed E-state index contributed by atoms with van der Waals surface area (Å²) in [4.78, 5) is 11.9. The van der Waals surface area contributed by atoms with Crippen molar-refractivity contribution in [3.63, 3.8) is 0 Å². The van der Waals surface area contributed by atoms with E-state index < -0.39 is 16.1 Å². The summed E-state index contributed by atoms with van der Waals surface area (Å²) in [6.07, 6.45) is 0. The Morgan fingerprint density at radius 3 is 2.45 bits per heavy atom. The molecular weight excluding hydrogens is 278 g/mol. The second-order valence-electron chi connectivity index (χ2n) is 4.54. The summed E-state index contributed by atoms with van der Waals surface area (Å²) >= 11 is 0. The van der Waals surface area contributed by atoms with Crippen molar-refractivity contribution in [2.75, 3.05) is 26.0 Å². The van der Waals surface area contributed by atoms with E-state index in [1.807, 2.05) is 6.92 Å². The van der Waals surface area contributed by atoms with E-state index in [-0.39, 0.29) is 10.8 Å². The first-order valence-electron chi connectivity index (χ1n) is 6.36. The molecule has 0 aliphatic carbocycles. The van der Waals surface area contributed by atoms with Crippen molar-refractivity contribution >= 4 is 21.6 Å². The van der Waals surface area contributed by atoms with Gasteiger partial charge in [0.05, 0.1) is 5.69 Å². The minimum Gasteiger partial charge on any atom is -0.373 e. The summed E-state index contributed by atoms with van der Waals surface area (Å²) in [5, 5.41) is 5.62. The molecule has 1 unspecified atom stereocenters. The number of anilines is 1. The molecule has 0 bridgehead atoms. The molecule has 6 nitrogen and oxygen atoms in total. The van der Waals surface area contributed by atoms with Crippen LogP contribution < -0.4 is 10.6 Å². The lowest BCUT2D eigenvalue weighted by Gasteiger charge is -2.19. The topological polar surface area (TPSA) is 78.5 Å². The van der Waals surface area contributed by atoms with E-state index in [0.29, 0.717) is 12.2 Å². The summed E-state index contributed by atoms with van der Waals surface area (Å²) < 4.78 is 25.6. The molecule has 0 aliphatic heterocycles. The number of nitrogens with zero attached hydrogens (tertiary/aromatic N) is 1. The minimum absolute atomic E-state index is 0.154. The third-order valence-electron chi connectivity index (χ3n) is 2.76. The molecule has 1 amide bonds. The van der Waals surface area contributed by atoms with Crippen LogP contribution in [0.4, 0.5) is 5.69 Å². The Labute approximate surface area is 120 Å². The number of carbonyl (C=O) groups is 1. The molecule has 1 aromatic carbocycles. The number of hydrogen-bond acceptors (Lipinski definition) is 4. The van der Waals surface area contributed by atoms with Gasteiger partial charge in [0.1, 0.15) is 10.9 Å². The molecular formula is C13H21N3O3S. The highest BCUT2D eigenvalue weighted by molar-refractivity contribution is 7.89. The van der Waals surface area contributed by atoms with Crippen molar-refractivity contribution in [3.8, 4) is 0 Å². The van der Waals surface area contributed by atoms with Crippen molar-refractivity contribution < 1.29 is 13.2 Å². The molecule has 112 valence electrons. The lowest BCUT2D eigenvalue weighted by Crippen LogP contribution is -2.37. The minimum atomic E-state index is -3.55. The van der Waals surface area contributed by atoms with Gasteiger partial charge in [0.25, 0.3) is 0 Å². The van der Waals surface area contributed by atoms with Gasteiger partial charge in [0.2, 0.25) is 15.9 Å². The van der Waals surface area contributed by atoms with Crippen LogP contribution in [0, 0.1) is 0 Å². The standard InChI is InChI=1S/C13H21N3O3S/c1-5-14-13(17)10(2)15-11-8-6-7-9-12(11)20(18,19)16(3)4/h6-10,15H,5H2,1-4H3,(H,14,17). The summed E-state index contributed by atoms with van der Waals surface area (Å²) in [5.74, 6) is -0.176. The van der Waals surface area contributed by atoms with Gasteiger partial charge in [-0.15, -0.1) is 0 Å². The van der Waals surface area contributed by atoms with Crippen molar-refractivity contribution in [2.45, 2.75) is 24.8 Å². The Balaban J connectivity index is 3.06. The number of likely N-dealkylation sites (N-methyl/N-ethyl adjacent to an activating group) is 1. The number of rotatable bonds is 6. The molecule has 0 aromatic heterocycles. The van der Waals surface area contributed by atoms with Crippen LogP contribution in [0.15, 0.2) is 29.2 Å². The Bertz CT molecular complexity index is 570. The van der Waals surface area contributed by atoms with Gasteiger partial charge in [0.15, 0.2) is 0 Å². The quantitative estimate of drug-likeness (QED) is 0.817. The summed E-state index contributed by atoms with van der Waals surface area (Å²) in [7, 11) is -0.609. The third kappa shape index (κ3) is 3.71. The van der Waals surface area contributed by atoms with Gasteiger partial charge in [0, 0.05) is 20.6 Å². The Hall–Kier alpha value is -1.60. The van der Waals surface area contributed by atoms with E-state index in [1.165, 1.54) is 20.2 Å². The zero-order valence-electron chi connectivity index (χ0n) is 12.2. The first kappa shape index (κ1) is 16.5. The average Bonchev–Trinajstić information content (AvgIpc) is 2.39. The first-order valence-corrected chi connectivity index (χ1v) is 7.80. The molecule has 1 rings (SSSR count). The van der Waals surface area contributed by atoms with Gasteiger partial charge >= 0.3 is 0 Å². The predicted octanol–water partition coefficient (Wildman–Crippen LogP) is 0.873. The number of nitrogens with one attached hydrogen (secondary N) is 2. The lowest BCUT2D eigenvalue weighted by molar-refractivity contribution is -0.121. The van der Waals surface area contributed by atoms with E-state index >= 15 is 0 Å². The maximum absolute atomic E-state index is 12.2. The van der Waals surface area contributed by atoms with Crippen LogP contribution in [0.5, 0.6) is 0 Å². The zero-order valence-corrected chi connectivity index (χ0v) is 13.0. The van der Waals surface area contributed by atoms with Crippen molar-refractivity contribution in [2.24, 2.45) is 0 Å². The van der Waals surface area contributed by atoms with Gasteiger partial charge in [-0.05, 0) is 26.0 Å². The molecule has 2 N–H and O–H groups in total. The van der Waals surface area contributed by atoms with E-state index in [1.54, 1.807) is 25.1 Å². The van der Waals surface area contributed by atoms with E-state index in [2.05, 4.69) is 10.6 Å². The SMILES string of the molecule is CCNC(=O)C(C)Nc1ccccc1S(=O)(=O)N(C)C. The number of hydrogen-bond donors (Lipinski definition) is 2. The largest absolute Gasteiger partial charge is 0.373 e. The van der Waals surface area contributed by atoms with Gasteiger partial charge < -0.3 is 10.6 Å². The van der Waals surface area contributed by atoms with Crippen LogP contribution >= 0.6 is 0 Å². The second kappa shape index (κ2) is 6.71. The fourth-order valence-corrected chi connectivity index (χ4v) is 2.68. The Morgan fingerprint density at radius 2 is 1.90 bits per heavy atom. The number of para-hydroxylation sites is 1. The Morgan fingerprint density at radius 1 is 1.30 bits per heavy atom. The molecule has 0 fully saturated rings. The normalized spacial score (nSPS) is 13.1. The van der Waals surface area contributed by atoms with E-state index in [0.717, 1.165) is 4.31 Å². The maximum atomic E-state index is 12.2. The molecule has 1 aromatic rings. The second-order valence-corrected chi connectivity index (χ2v) is 6.66. The average molecular weight is 299 g/mol. The predicted molar refractivity (Wildman–Crippen MR) is 79.1 cm³/mol. The fraction of sp³-hybridized carbons (Fsp3) is 0.462. The monoisotopic (exact) mass is 299 g/mol. The highest BCUT2D eigenvalue weighted by Crippen LogP contribution is 2.23. The van der Waals surface area contributed by atoms with Gasteiger partial charge in [-0.25, -0.2) is 12.7 Å².